The van der Waals surface area contributed by atoms with Crippen molar-refractivity contribution < 1.29 is 31.8 Å². The van der Waals surface area contributed by atoms with Crippen LogP contribution in [-0.2, 0) is 31.8 Å². The Morgan fingerprint density at radius 1 is 0.625 bits per heavy atom. The average molecular weight is 514 g/mol. The van der Waals surface area contributed by atoms with Gasteiger partial charge in [-0.25, -0.2) is 9.05 Å². The monoisotopic (exact) mass is 513 g/mol. The van der Waals surface area contributed by atoms with Gasteiger partial charge in [-0.1, -0.05) is 41.5 Å². The Labute approximate surface area is 196 Å². The molecule has 0 saturated heterocycles. The molecule has 0 aromatic rings. The third-order valence-corrected chi connectivity index (χ3v) is 11.8. The molecule has 0 aliphatic heterocycles. The molecule has 0 aliphatic carbocycles. The van der Waals surface area contributed by atoms with Crippen LogP contribution in [-0.4, -0.2) is 25.5 Å². The number of rotatable bonds is 18. The zero-order valence-electron chi connectivity index (χ0n) is 21.3. The molecule has 0 amide bonds. The average Bonchev–Trinajstić information content (AvgIpc) is 2.73. The van der Waals surface area contributed by atoms with Gasteiger partial charge < -0.3 is 9.05 Å². The molecule has 0 N–H and O–H groups in total. The van der Waals surface area contributed by atoms with Gasteiger partial charge in [0.05, 0.1) is 23.8 Å². The van der Waals surface area contributed by atoms with Gasteiger partial charge in [-0.05, 0) is 39.5 Å². The molecule has 7 nitrogen and oxygen atoms in total. The Morgan fingerprint density at radius 3 is 1.19 bits per heavy atom. The maximum atomic E-state index is 13.5. The first-order valence-corrected chi connectivity index (χ1v) is 16.6. The molecule has 2 atom stereocenters. The van der Waals surface area contributed by atoms with Gasteiger partial charge in [-0.2, -0.15) is 0 Å². The largest absolute Gasteiger partial charge is 0.804 e. The van der Waals surface area contributed by atoms with Gasteiger partial charge in [0.1, 0.15) is 0 Å². The summed E-state index contributed by atoms with van der Waals surface area (Å²) in [5.41, 5.74) is 0. The molecule has 10 heteroatoms. The van der Waals surface area contributed by atoms with Crippen LogP contribution in [0.25, 0.3) is 0 Å². The smallest absolute Gasteiger partial charge is 0.326 e. The number of allylic oxidation sites excluding steroid dienone is 4. The van der Waals surface area contributed by atoms with Crippen LogP contribution in [0, 0.1) is 0 Å². The van der Waals surface area contributed by atoms with Gasteiger partial charge in [0, 0.05) is 29.7 Å². The van der Waals surface area contributed by atoms with Gasteiger partial charge in [-0.15, -0.1) is 0 Å². The summed E-state index contributed by atoms with van der Waals surface area (Å²) in [6, 6.07) is 0. The molecule has 0 aromatic heterocycles. The molecule has 0 spiro atoms. The van der Waals surface area contributed by atoms with Gasteiger partial charge in [0.15, 0.2) is 11.5 Å². The topological polar surface area (TPSA) is 88.1 Å². The summed E-state index contributed by atoms with van der Waals surface area (Å²) in [5, 5.41) is 1.14. The van der Waals surface area contributed by atoms with Crippen molar-refractivity contribution in [1.29, 1.82) is 0 Å². The molecule has 0 aliphatic rings. The van der Waals surface area contributed by atoms with Crippen LogP contribution >= 0.6 is 23.0 Å². The highest BCUT2D eigenvalue weighted by atomic mass is 31.2. The molecular weight excluding hydrogens is 469 g/mol. The van der Waals surface area contributed by atoms with Crippen molar-refractivity contribution in [2.45, 2.75) is 93.9 Å². The van der Waals surface area contributed by atoms with Gasteiger partial charge in [0.2, 0.25) is 14.7 Å². The molecule has 0 rings (SSSR count). The highest BCUT2D eigenvalue weighted by Crippen LogP contribution is 2.60. The zero-order valence-corrected chi connectivity index (χ0v) is 24.0. The van der Waals surface area contributed by atoms with E-state index in [0.717, 1.165) is 0 Å². The Morgan fingerprint density at radius 2 is 0.969 bits per heavy atom. The molecule has 0 fully saturated rings. The second-order valence-corrected chi connectivity index (χ2v) is 13.2. The van der Waals surface area contributed by atoms with Crippen LogP contribution in [0.2, 0.25) is 0 Å². The van der Waals surface area contributed by atoms with Gasteiger partial charge in [-0.3, -0.25) is 9.13 Å². The highest BCUT2D eigenvalue weighted by molar-refractivity contribution is 7.63. The normalized spacial score (nSPS) is 17.6. The first-order chi connectivity index (χ1) is 15.2. The third kappa shape index (κ3) is 9.07. The summed E-state index contributed by atoms with van der Waals surface area (Å²) in [4.78, 5) is 0. The van der Waals surface area contributed by atoms with Crippen molar-refractivity contribution in [2.75, 3.05) is 25.5 Å². The highest BCUT2D eigenvalue weighted by Gasteiger charge is 2.37. The number of hydrogen-bond acceptors (Lipinski definition) is 7. The SMILES string of the molecule is CCCP(=O)(OCC)/C(CC)=C(/CC)O[P+](=O)O/C(CC)=C(/CC)P(=O)(CCC)OCC. The minimum Gasteiger partial charge on any atom is -0.326 e. The van der Waals surface area contributed by atoms with Crippen molar-refractivity contribution >= 4 is 23.0 Å². The summed E-state index contributed by atoms with van der Waals surface area (Å²) in [6.07, 6.45) is 3.97. The van der Waals surface area contributed by atoms with Gasteiger partial charge in [0.25, 0.3) is 0 Å². The lowest BCUT2D eigenvalue weighted by Gasteiger charge is -2.21. The summed E-state index contributed by atoms with van der Waals surface area (Å²) >= 11 is 0. The lowest BCUT2D eigenvalue weighted by atomic mass is 10.3. The van der Waals surface area contributed by atoms with E-state index in [2.05, 4.69) is 0 Å². The Bertz CT molecular complexity index is 664. The first-order valence-electron chi connectivity index (χ1n) is 11.9. The summed E-state index contributed by atoms with van der Waals surface area (Å²) in [6.45, 7) is 15.7. The fourth-order valence-electron chi connectivity index (χ4n) is 3.66. The summed E-state index contributed by atoms with van der Waals surface area (Å²) in [7, 11) is -8.75. The Hall–Kier alpha value is -0.440. The van der Waals surface area contributed by atoms with E-state index < -0.39 is 23.0 Å². The molecule has 32 heavy (non-hydrogen) atoms. The van der Waals surface area contributed by atoms with Gasteiger partial charge >= 0.3 is 8.25 Å². The van der Waals surface area contributed by atoms with Crippen LogP contribution in [0.4, 0.5) is 0 Å². The molecule has 0 aromatic carbocycles. The molecule has 0 saturated carbocycles. The van der Waals surface area contributed by atoms with E-state index >= 15 is 0 Å². The first kappa shape index (κ1) is 31.6. The second kappa shape index (κ2) is 16.2. The quantitative estimate of drug-likeness (QED) is 0.133. The van der Waals surface area contributed by atoms with E-state index in [1.54, 1.807) is 0 Å². The summed E-state index contributed by atoms with van der Waals surface area (Å²) in [5.74, 6) is 0.766. The Kier molecular flexibility index (Phi) is 16.0. The maximum Gasteiger partial charge on any atom is 0.804 e. The van der Waals surface area contributed by atoms with E-state index in [0.29, 0.717) is 86.2 Å². The van der Waals surface area contributed by atoms with Crippen LogP contribution in [0.1, 0.15) is 93.9 Å². The minimum atomic E-state index is -3.07. The maximum absolute atomic E-state index is 13.5. The molecular formula is C22H44O7P3+. The molecule has 0 heterocycles. The molecule has 0 bridgehead atoms. The predicted octanol–water partition coefficient (Wildman–Crippen LogP) is 9.19. The fraction of sp³-hybridized carbons (Fsp3) is 0.818. The number of hydrogen-bond donors (Lipinski definition) is 0. The standard InChI is InChI=1S/C22H44O7P3/c1-9-17-31(24,26-15-7)21(13-5)19(11-3)28-30(23)29-20(12-4)22(14-6)32(25,18-10-2)27-16-8/h9-18H2,1-8H3/q+1/b21-19-,22-20-. The van der Waals surface area contributed by atoms with Crippen molar-refractivity contribution in [3.63, 3.8) is 0 Å². The Balaban J connectivity index is 6.10. The van der Waals surface area contributed by atoms with Crippen molar-refractivity contribution in [3.05, 3.63) is 22.1 Å². The van der Waals surface area contributed by atoms with E-state index in [9.17, 15) is 13.7 Å². The van der Waals surface area contributed by atoms with Crippen LogP contribution in [0.15, 0.2) is 22.1 Å². The van der Waals surface area contributed by atoms with E-state index in [4.69, 9.17) is 18.1 Å². The van der Waals surface area contributed by atoms with Crippen LogP contribution in [0.5, 0.6) is 0 Å². The predicted molar refractivity (Wildman–Crippen MR) is 134 cm³/mol. The van der Waals surface area contributed by atoms with Crippen LogP contribution < -0.4 is 0 Å². The van der Waals surface area contributed by atoms with E-state index in [1.807, 2.05) is 55.4 Å². The van der Waals surface area contributed by atoms with Crippen molar-refractivity contribution in [2.24, 2.45) is 0 Å². The lowest BCUT2D eigenvalue weighted by Crippen LogP contribution is -2.03. The second-order valence-electron chi connectivity index (χ2n) is 7.19. The lowest BCUT2D eigenvalue weighted by molar-refractivity contribution is 0.296. The molecule has 2 unspecified atom stereocenters. The zero-order chi connectivity index (χ0) is 24.8. The third-order valence-electron chi connectivity index (χ3n) is 4.86. The molecule has 0 radical (unpaired) electrons. The fourth-order valence-corrected chi connectivity index (χ4v) is 9.93. The van der Waals surface area contributed by atoms with E-state index in [-0.39, 0.29) is 0 Å². The minimum absolute atomic E-state index is 0.327. The van der Waals surface area contributed by atoms with Crippen molar-refractivity contribution in [1.82, 2.24) is 0 Å². The van der Waals surface area contributed by atoms with E-state index in [1.165, 1.54) is 0 Å². The molecule has 188 valence electrons. The van der Waals surface area contributed by atoms with Crippen LogP contribution in [0.3, 0.4) is 0 Å². The summed E-state index contributed by atoms with van der Waals surface area (Å²) < 4.78 is 62.6. The van der Waals surface area contributed by atoms with Crippen molar-refractivity contribution in [3.8, 4) is 0 Å².